The highest BCUT2D eigenvalue weighted by Crippen LogP contribution is 2.19. The average molecular weight is 259 g/mol. The molecule has 2 aromatic rings. The number of carbonyl (C=O) groups excluding carboxylic acids is 1. The third-order valence-electron chi connectivity index (χ3n) is 2.99. The molecule has 1 N–H and O–H groups in total. The molecule has 1 aromatic heterocycles. The fourth-order valence-corrected chi connectivity index (χ4v) is 1.59. The van der Waals surface area contributed by atoms with Crippen molar-refractivity contribution in [1.82, 2.24) is 19.9 Å². The van der Waals surface area contributed by atoms with Crippen LogP contribution in [-0.4, -0.2) is 45.9 Å². The van der Waals surface area contributed by atoms with Crippen molar-refractivity contribution in [1.29, 1.82) is 0 Å². The van der Waals surface area contributed by atoms with E-state index < -0.39 is 0 Å². The molecular formula is C13H17N5O. The molecule has 1 atom stereocenters. The fourth-order valence-electron chi connectivity index (χ4n) is 1.59. The molecule has 0 spiro atoms. The second kappa shape index (κ2) is 5.62. The Labute approximate surface area is 112 Å². The highest BCUT2D eigenvalue weighted by Gasteiger charge is 2.16. The SMILES string of the molecule is C[C@@H](C(=O)Nc1ccccc1-n1ccnn1)N(C)C. The molecule has 6 heteroatoms. The molecule has 100 valence electrons. The number of carbonyl (C=O) groups is 1. The Morgan fingerprint density at radius 1 is 1.37 bits per heavy atom. The second-order valence-electron chi connectivity index (χ2n) is 4.49. The van der Waals surface area contributed by atoms with Crippen LogP contribution in [0.25, 0.3) is 5.69 Å². The van der Waals surface area contributed by atoms with Gasteiger partial charge in [-0.3, -0.25) is 9.69 Å². The lowest BCUT2D eigenvalue weighted by Crippen LogP contribution is -2.37. The first-order valence-corrected chi connectivity index (χ1v) is 6.02. The van der Waals surface area contributed by atoms with Crippen molar-refractivity contribution in [2.45, 2.75) is 13.0 Å². The molecule has 6 nitrogen and oxygen atoms in total. The number of benzene rings is 1. The molecule has 0 fully saturated rings. The molecular weight excluding hydrogens is 242 g/mol. The summed E-state index contributed by atoms with van der Waals surface area (Å²) in [5.41, 5.74) is 1.51. The predicted molar refractivity (Wildman–Crippen MR) is 73.1 cm³/mol. The van der Waals surface area contributed by atoms with Crippen molar-refractivity contribution < 1.29 is 4.79 Å². The van der Waals surface area contributed by atoms with Gasteiger partial charge in [0.15, 0.2) is 0 Å². The minimum Gasteiger partial charge on any atom is -0.323 e. The van der Waals surface area contributed by atoms with E-state index in [0.717, 1.165) is 5.69 Å². The molecule has 0 radical (unpaired) electrons. The first-order valence-electron chi connectivity index (χ1n) is 6.02. The molecule has 0 saturated carbocycles. The number of para-hydroxylation sites is 2. The summed E-state index contributed by atoms with van der Waals surface area (Å²) < 4.78 is 1.62. The van der Waals surface area contributed by atoms with Gasteiger partial charge in [-0.05, 0) is 33.2 Å². The molecule has 0 aliphatic carbocycles. The maximum absolute atomic E-state index is 12.1. The van der Waals surface area contributed by atoms with Gasteiger partial charge in [0.1, 0.15) is 0 Å². The van der Waals surface area contributed by atoms with Crippen LogP contribution in [0, 0.1) is 0 Å². The summed E-state index contributed by atoms with van der Waals surface area (Å²) in [6.07, 6.45) is 3.33. The number of hydrogen-bond acceptors (Lipinski definition) is 4. The lowest BCUT2D eigenvalue weighted by atomic mass is 10.2. The lowest BCUT2D eigenvalue weighted by molar-refractivity contribution is -0.119. The van der Waals surface area contributed by atoms with E-state index in [4.69, 9.17) is 0 Å². The van der Waals surface area contributed by atoms with Gasteiger partial charge >= 0.3 is 0 Å². The van der Waals surface area contributed by atoms with Gasteiger partial charge in [-0.15, -0.1) is 5.10 Å². The molecule has 0 aliphatic heterocycles. The van der Waals surface area contributed by atoms with E-state index in [2.05, 4.69) is 15.6 Å². The van der Waals surface area contributed by atoms with Gasteiger partial charge in [0.05, 0.1) is 29.8 Å². The van der Waals surface area contributed by atoms with Crippen LogP contribution in [0.1, 0.15) is 6.92 Å². The minimum absolute atomic E-state index is 0.0578. The Morgan fingerprint density at radius 3 is 2.74 bits per heavy atom. The Balaban J connectivity index is 2.24. The van der Waals surface area contributed by atoms with Crippen molar-refractivity contribution in [3.63, 3.8) is 0 Å². The molecule has 1 aromatic carbocycles. The second-order valence-corrected chi connectivity index (χ2v) is 4.49. The number of aromatic nitrogens is 3. The van der Waals surface area contributed by atoms with E-state index >= 15 is 0 Å². The summed E-state index contributed by atoms with van der Waals surface area (Å²) in [6.45, 7) is 1.85. The number of anilines is 1. The molecule has 0 bridgehead atoms. The Kier molecular flexibility index (Phi) is 3.91. The van der Waals surface area contributed by atoms with E-state index in [1.54, 1.807) is 17.1 Å². The van der Waals surface area contributed by atoms with Crippen molar-refractivity contribution >= 4 is 11.6 Å². The third kappa shape index (κ3) is 2.97. The van der Waals surface area contributed by atoms with Crippen LogP contribution in [0.4, 0.5) is 5.69 Å². The number of nitrogens with one attached hydrogen (secondary N) is 1. The summed E-state index contributed by atoms with van der Waals surface area (Å²) in [5, 5.41) is 10.6. The molecule has 0 saturated heterocycles. The van der Waals surface area contributed by atoms with Gasteiger partial charge in [0.25, 0.3) is 0 Å². The van der Waals surface area contributed by atoms with Gasteiger partial charge in [-0.25, -0.2) is 4.68 Å². The van der Waals surface area contributed by atoms with Gasteiger partial charge in [0, 0.05) is 0 Å². The molecule has 19 heavy (non-hydrogen) atoms. The zero-order valence-electron chi connectivity index (χ0n) is 11.2. The van der Waals surface area contributed by atoms with Gasteiger partial charge < -0.3 is 5.32 Å². The molecule has 0 unspecified atom stereocenters. The molecule has 2 rings (SSSR count). The van der Waals surface area contributed by atoms with Crippen LogP contribution in [-0.2, 0) is 4.79 Å². The van der Waals surface area contributed by atoms with E-state index in [1.165, 1.54) is 0 Å². The van der Waals surface area contributed by atoms with Crippen molar-refractivity contribution in [2.75, 3.05) is 19.4 Å². The number of rotatable bonds is 4. The summed E-state index contributed by atoms with van der Waals surface area (Å²) >= 11 is 0. The standard InChI is InChI=1S/C13H17N5O/c1-10(17(2)3)13(19)15-11-6-4-5-7-12(11)18-9-8-14-16-18/h4-10H,1-3H3,(H,15,19)/t10-/m0/s1. The largest absolute Gasteiger partial charge is 0.323 e. The quantitative estimate of drug-likeness (QED) is 0.895. The molecule has 0 aliphatic rings. The van der Waals surface area contributed by atoms with Crippen LogP contribution in [0.15, 0.2) is 36.7 Å². The van der Waals surface area contributed by atoms with Crippen molar-refractivity contribution in [2.24, 2.45) is 0 Å². The highest BCUT2D eigenvalue weighted by molar-refractivity contribution is 5.96. The maximum atomic E-state index is 12.1. The van der Waals surface area contributed by atoms with Gasteiger partial charge in [0.2, 0.25) is 5.91 Å². The van der Waals surface area contributed by atoms with E-state index in [-0.39, 0.29) is 11.9 Å². The molecule has 1 heterocycles. The smallest absolute Gasteiger partial charge is 0.241 e. The fraction of sp³-hybridized carbons (Fsp3) is 0.308. The van der Waals surface area contributed by atoms with Crippen molar-refractivity contribution in [3.05, 3.63) is 36.7 Å². The van der Waals surface area contributed by atoms with Crippen LogP contribution in [0.3, 0.4) is 0 Å². The first-order chi connectivity index (χ1) is 9.09. The third-order valence-corrected chi connectivity index (χ3v) is 2.99. The maximum Gasteiger partial charge on any atom is 0.241 e. The number of nitrogens with zero attached hydrogens (tertiary/aromatic N) is 4. The monoisotopic (exact) mass is 259 g/mol. The number of likely N-dealkylation sites (N-methyl/N-ethyl adjacent to an activating group) is 1. The number of hydrogen-bond donors (Lipinski definition) is 1. The minimum atomic E-state index is -0.205. The van der Waals surface area contributed by atoms with Gasteiger partial charge in [-0.1, -0.05) is 17.3 Å². The lowest BCUT2D eigenvalue weighted by Gasteiger charge is -2.19. The Morgan fingerprint density at radius 2 is 2.11 bits per heavy atom. The summed E-state index contributed by atoms with van der Waals surface area (Å²) in [5.74, 6) is -0.0578. The van der Waals surface area contributed by atoms with Crippen molar-refractivity contribution in [3.8, 4) is 5.69 Å². The summed E-state index contributed by atoms with van der Waals surface area (Å²) in [6, 6.07) is 7.28. The average Bonchev–Trinajstić information content (AvgIpc) is 2.92. The summed E-state index contributed by atoms with van der Waals surface area (Å²) in [4.78, 5) is 13.9. The Bertz CT molecular complexity index is 550. The first kappa shape index (κ1) is 13.2. The van der Waals surface area contributed by atoms with E-state index in [1.807, 2.05) is 50.2 Å². The Hall–Kier alpha value is -2.21. The number of amides is 1. The normalized spacial score (nSPS) is 12.4. The van der Waals surface area contributed by atoms with E-state index in [9.17, 15) is 4.79 Å². The molecule has 1 amide bonds. The topological polar surface area (TPSA) is 63.1 Å². The highest BCUT2D eigenvalue weighted by atomic mass is 16.2. The van der Waals surface area contributed by atoms with Gasteiger partial charge in [-0.2, -0.15) is 0 Å². The van der Waals surface area contributed by atoms with E-state index in [0.29, 0.717) is 5.69 Å². The zero-order valence-corrected chi connectivity index (χ0v) is 11.2. The zero-order chi connectivity index (χ0) is 13.8. The van der Waals surface area contributed by atoms with Crippen LogP contribution < -0.4 is 5.32 Å². The summed E-state index contributed by atoms with van der Waals surface area (Å²) in [7, 11) is 3.74. The van der Waals surface area contributed by atoms with Crippen LogP contribution >= 0.6 is 0 Å². The van der Waals surface area contributed by atoms with Crippen LogP contribution in [0.5, 0.6) is 0 Å². The predicted octanol–water partition coefficient (Wildman–Crippen LogP) is 1.16. The van der Waals surface area contributed by atoms with Crippen LogP contribution in [0.2, 0.25) is 0 Å².